The Morgan fingerprint density at radius 1 is 1.05 bits per heavy atom. The second-order valence-electron chi connectivity index (χ2n) is 5.31. The molecule has 0 saturated carbocycles. The van der Waals surface area contributed by atoms with Crippen molar-refractivity contribution in [1.29, 1.82) is 5.26 Å². The van der Waals surface area contributed by atoms with Crippen molar-refractivity contribution in [2.45, 2.75) is 26.8 Å². The zero-order valence-electron chi connectivity index (χ0n) is 12.3. The molecule has 1 heterocycles. The van der Waals surface area contributed by atoms with Crippen molar-refractivity contribution >= 4 is 11.0 Å². The van der Waals surface area contributed by atoms with E-state index in [4.69, 9.17) is 5.26 Å². The van der Waals surface area contributed by atoms with E-state index in [1.54, 1.807) is 0 Å². The van der Waals surface area contributed by atoms with Crippen LogP contribution in [0.2, 0.25) is 0 Å². The van der Waals surface area contributed by atoms with Gasteiger partial charge in [-0.25, -0.2) is 4.98 Å². The van der Waals surface area contributed by atoms with Crippen LogP contribution in [0, 0.1) is 25.2 Å². The molecule has 0 amide bonds. The van der Waals surface area contributed by atoms with E-state index in [-0.39, 0.29) is 0 Å². The number of hydrogen-bond acceptors (Lipinski definition) is 2. The standard InChI is InChI=1S/C18H17N3/c1-13-6-5-7-14(2)15(13)12-21-17-9-4-3-8-16(17)20-18(21)10-11-19/h3-9H,10,12H2,1-2H3. The summed E-state index contributed by atoms with van der Waals surface area (Å²) in [4.78, 5) is 4.60. The smallest absolute Gasteiger partial charge is 0.124 e. The summed E-state index contributed by atoms with van der Waals surface area (Å²) in [7, 11) is 0. The highest BCUT2D eigenvalue weighted by molar-refractivity contribution is 5.76. The van der Waals surface area contributed by atoms with Crippen LogP contribution in [0.3, 0.4) is 0 Å². The van der Waals surface area contributed by atoms with Gasteiger partial charge in [0.15, 0.2) is 0 Å². The fraction of sp³-hybridized carbons (Fsp3) is 0.222. The fourth-order valence-electron chi connectivity index (χ4n) is 2.76. The Morgan fingerprint density at radius 3 is 2.48 bits per heavy atom. The number of nitriles is 1. The van der Waals surface area contributed by atoms with Gasteiger partial charge in [-0.2, -0.15) is 5.26 Å². The average molecular weight is 275 g/mol. The summed E-state index contributed by atoms with van der Waals surface area (Å²) in [6.45, 7) is 5.02. The molecular weight excluding hydrogens is 258 g/mol. The van der Waals surface area contributed by atoms with Gasteiger partial charge in [-0.1, -0.05) is 30.3 Å². The maximum Gasteiger partial charge on any atom is 0.124 e. The summed E-state index contributed by atoms with van der Waals surface area (Å²) < 4.78 is 2.16. The van der Waals surface area contributed by atoms with E-state index in [0.29, 0.717) is 6.42 Å². The Balaban J connectivity index is 2.15. The SMILES string of the molecule is Cc1cccc(C)c1Cn1c(CC#N)nc2ccccc21. The lowest BCUT2D eigenvalue weighted by atomic mass is 10.0. The van der Waals surface area contributed by atoms with Crippen molar-refractivity contribution < 1.29 is 0 Å². The molecule has 3 nitrogen and oxygen atoms in total. The minimum atomic E-state index is 0.333. The number of nitrogens with zero attached hydrogens (tertiary/aromatic N) is 3. The number of aromatic nitrogens is 2. The molecule has 0 saturated heterocycles. The highest BCUT2D eigenvalue weighted by Gasteiger charge is 2.12. The lowest BCUT2D eigenvalue weighted by molar-refractivity contribution is 0.761. The predicted octanol–water partition coefficient (Wildman–Crippen LogP) is 3.77. The minimum absolute atomic E-state index is 0.333. The van der Waals surface area contributed by atoms with Crippen molar-refractivity contribution in [3.63, 3.8) is 0 Å². The molecule has 3 aromatic rings. The van der Waals surface area contributed by atoms with Crippen LogP contribution >= 0.6 is 0 Å². The van der Waals surface area contributed by atoms with E-state index >= 15 is 0 Å². The van der Waals surface area contributed by atoms with E-state index in [9.17, 15) is 0 Å². The number of hydrogen-bond donors (Lipinski definition) is 0. The van der Waals surface area contributed by atoms with E-state index in [1.807, 2.05) is 18.2 Å². The van der Waals surface area contributed by atoms with Crippen molar-refractivity contribution in [3.8, 4) is 6.07 Å². The molecule has 2 aromatic carbocycles. The summed E-state index contributed by atoms with van der Waals surface area (Å²) >= 11 is 0. The molecule has 3 heteroatoms. The highest BCUT2D eigenvalue weighted by atomic mass is 15.1. The largest absolute Gasteiger partial charge is 0.323 e. The molecule has 3 rings (SSSR count). The lowest BCUT2D eigenvalue weighted by Crippen LogP contribution is -2.07. The molecule has 0 aliphatic carbocycles. The van der Waals surface area contributed by atoms with Crippen LogP contribution in [0.15, 0.2) is 42.5 Å². The number of benzene rings is 2. The molecule has 0 bridgehead atoms. The van der Waals surface area contributed by atoms with Crippen LogP contribution in [0.5, 0.6) is 0 Å². The normalized spacial score (nSPS) is 10.7. The first-order valence-corrected chi connectivity index (χ1v) is 7.07. The lowest BCUT2D eigenvalue weighted by Gasteiger charge is -2.13. The van der Waals surface area contributed by atoms with Crippen molar-refractivity contribution in [2.24, 2.45) is 0 Å². The molecule has 0 radical (unpaired) electrons. The zero-order chi connectivity index (χ0) is 14.8. The van der Waals surface area contributed by atoms with Gasteiger partial charge in [0.25, 0.3) is 0 Å². The third-order valence-corrected chi connectivity index (χ3v) is 3.93. The Bertz CT molecular complexity index is 817. The van der Waals surface area contributed by atoms with Crippen LogP contribution in [-0.4, -0.2) is 9.55 Å². The van der Waals surface area contributed by atoms with Gasteiger partial charge in [-0.3, -0.25) is 0 Å². The van der Waals surface area contributed by atoms with Gasteiger partial charge < -0.3 is 4.57 Å². The Labute approximate surface area is 124 Å². The molecule has 0 N–H and O–H groups in total. The number of rotatable bonds is 3. The van der Waals surface area contributed by atoms with Gasteiger partial charge in [0.05, 0.1) is 23.5 Å². The molecule has 0 aliphatic rings. The first-order chi connectivity index (χ1) is 10.2. The first kappa shape index (κ1) is 13.4. The van der Waals surface area contributed by atoms with Crippen LogP contribution in [0.25, 0.3) is 11.0 Å². The second-order valence-corrected chi connectivity index (χ2v) is 5.31. The van der Waals surface area contributed by atoms with Gasteiger partial charge in [0, 0.05) is 6.54 Å². The molecule has 21 heavy (non-hydrogen) atoms. The predicted molar refractivity (Wildman–Crippen MR) is 84.1 cm³/mol. The van der Waals surface area contributed by atoms with E-state index < -0.39 is 0 Å². The fourth-order valence-corrected chi connectivity index (χ4v) is 2.76. The third kappa shape index (κ3) is 2.41. The van der Waals surface area contributed by atoms with Crippen molar-refractivity contribution in [2.75, 3.05) is 0 Å². The van der Waals surface area contributed by atoms with Crippen molar-refractivity contribution in [3.05, 3.63) is 65.0 Å². The maximum absolute atomic E-state index is 9.04. The Hall–Kier alpha value is -2.60. The third-order valence-electron chi connectivity index (χ3n) is 3.93. The van der Waals surface area contributed by atoms with Crippen LogP contribution < -0.4 is 0 Å². The van der Waals surface area contributed by atoms with Crippen molar-refractivity contribution in [1.82, 2.24) is 9.55 Å². The van der Waals surface area contributed by atoms with Gasteiger partial charge in [0.2, 0.25) is 0 Å². The maximum atomic E-state index is 9.04. The summed E-state index contributed by atoms with van der Waals surface area (Å²) in [5.41, 5.74) is 5.89. The molecular formula is C18H17N3. The molecule has 0 spiro atoms. The Morgan fingerprint density at radius 2 is 1.76 bits per heavy atom. The number of para-hydroxylation sites is 2. The summed E-state index contributed by atoms with van der Waals surface area (Å²) in [6, 6.07) is 16.6. The summed E-state index contributed by atoms with van der Waals surface area (Å²) in [5.74, 6) is 0.835. The number of fused-ring (bicyclic) bond motifs is 1. The number of imidazole rings is 1. The van der Waals surface area contributed by atoms with E-state index in [2.05, 4.69) is 53.7 Å². The molecule has 1 aromatic heterocycles. The second kappa shape index (κ2) is 5.41. The zero-order valence-corrected chi connectivity index (χ0v) is 12.3. The first-order valence-electron chi connectivity index (χ1n) is 7.07. The minimum Gasteiger partial charge on any atom is -0.323 e. The quantitative estimate of drug-likeness (QED) is 0.730. The van der Waals surface area contributed by atoms with Gasteiger partial charge in [-0.05, 0) is 42.7 Å². The summed E-state index contributed by atoms with van der Waals surface area (Å²) in [5, 5.41) is 9.04. The van der Waals surface area contributed by atoms with E-state index in [0.717, 1.165) is 23.4 Å². The van der Waals surface area contributed by atoms with Crippen LogP contribution in [0.4, 0.5) is 0 Å². The Kier molecular flexibility index (Phi) is 3.45. The molecule has 0 unspecified atom stereocenters. The average Bonchev–Trinajstić information content (AvgIpc) is 2.81. The molecule has 0 aliphatic heterocycles. The van der Waals surface area contributed by atoms with Gasteiger partial charge >= 0.3 is 0 Å². The van der Waals surface area contributed by atoms with Gasteiger partial charge in [-0.15, -0.1) is 0 Å². The van der Waals surface area contributed by atoms with E-state index in [1.165, 1.54) is 16.7 Å². The number of aryl methyl sites for hydroxylation is 2. The topological polar surface area (TPSA) is 41.6 Å². The molecule has 0 atom stereocenters. The van der Waals surface area contributed by atoms with Crippen LogP contribution in [0.1, 0.15) is 22.5 Å². The molecule has 0 fully saturated rings. The van der Waals surface area contributed by atoms with Gasteiger partial charge in [0.1, 0.15) is 5.82 Å². The summed E-state index contributed by atoms with van der Waals surface area (Å²) in [6.07, 6.45) is 0.333. The monoisotopic (exact) mass is 275 g/mol. The molecule has 104 valence electrons. The highest BCUT2D eigenvalue weighted by Crippen LogP contribution is 2.21. The van der Waals surface area contributed by atoms with Crippen LogP contribution in [-0.2, 0) is 13.0 Å².